The molecule has 2 aromatic carbocycles. The maximum atomic E-state index is 14.7. The first-order chi connectivity index (χ1) is 18.0. The van der Waals surface area contributed by atoms with Crippen molar-refractivity contribution in [3.8, 4) is 33.8 Å². The fraction of sp³-hybridized carbons (Fsp3) is 0.143. The maximum absolute atomic E-state index is 14.7. The molecule has 184 valence electrons. The molecule has 0 aliphatic carbocycles. The van der Waals surface area contributed by atoms with Crippen LogP contribution in [0.4, 0.5) is 4.39 Å². The summed E-state index contributed by atoms with van der Waals surface area (Å²) in [5.41, 5.74) is 13.6. The number of fused-ring (bicyclic) bond motifs is 2. The lowest BCUT2D eigenvalue weighted by molar-refractivity contribution is 0.376. The zero-order valence-corrected chi connectivity index (χ0v) is 20.4. The van der Waals surface area contributed by atoms with Gasteiger partial charge in [0.1, 0.15) is 11.5 Å². The summed E-state index contributed by atoms with van der Waals surface area (Å²) in [5.74, 6) is -0.310. The Balaban J connectivity index is 1.45. The molecule has 0 saturated heterocycles. The second-order valence-electron chi connectivity index (χ2n) is 9.37. The van der Waals surface area contributed by atoms with E-state index in [9.17, 15) is 4.39 Å². The van der Waals surface area contributed by atoms with Crippen LogP contribution < -0.4 is 5.73 Å². The number of rotatable bonds is 6. The summed E-state index contributed by atoms with van der Waals surface area (Å²) in [6, 6.07) is 14.7. The SMILES string of the molecule is CN(C)CC(N)c1cc(F)cc(-c2cccc3[nH]c(-c4n[nH]c5ncc(-c6cnccn6)cc45)cc23)c1. The predicted octanol–water partition coefficient (Wildman–Crippen LogP) is 4.93. The molecule has 9 heteroatoms. The molecule has 0 saturated carbocycles. The summed E-state index contributed by atoms with van der Waals surface area (Å²) in [7, 11) is 3.90. The van der Waals surface area contributed by atoms with Crippen molar-refractivity contribution < 1.29 is 4.39 Å². The van der Waals surface area contributed by atoms with Crippen molar-refractivity contribution in [1.82, 2.24) is 35.0 Å². The summed E-state index contributed by atoms with van der Waals surface area (Å²) in [5, 5.41) is 9.38. The molecule has 0 spiro atoms. The first-order valence-electron chi connectivity index (χ1n) is 11.9. The van der Waals surface area contributed by atoms with Crippen molar-refractivity contribution in [2.24, 2.45) is 5.73 Å². The van der Waals surface area contributed by atoms with E-state index in [4.69, 9.17) is 5.73 Å². The molecule has 4 aromatic heterocycles. The zero-order valence-electron chi connectivity index (χ0n) is 20.4. The second-order valence-corrected chi connectivity index (χ2v) is 9.37. The van der Waals surface area contributed by atoms with E-state index < -0.39 is 0 Å². The first-order valence-corrected chi connectivity index (χ1v) is 11.9. The average Bonchev–Trinajstić information content (AvgIpc) is 3.52. The van der Waals surface area contributed by atoms with E-state index in [0.717, 1.165) is 55.6 Å². The van der Waals surface area contributed by atoms with Gasteiger partial charge in [0.05, 0.1) is 17.6 Å². The van der Waals surface area contributed by atoms with Gasteiger partial charge in [-0.2, -0.15) is 5.10 Å². The Labute approximate surface area is 212 Å². The third-order valence-electron chi connectivity index (χ3n) is 6.42. The van der Waals surface area contributed by atoms with Crippen LogP contribution in [0.1, 0.15) is 11.6 Å². The third-order valence-corrected chi connectivity index (χ3v) is 6.42. The van der Waals surface area contributed by atoms with Gasteiger partial charge in [-0.15, -0.1) is 0 Å². The van der Waals surface area contributed by atoms with E-state index in [1.807, 2.05) is 55.4 Å². The van der Waals surface area contributed by atoms with Gasteiger partial charge in [0, 0.05) is 53.0 Å². The topological polar surface area (TPSA) is 112 Å². The fourth-order valence-electron chi connectivity index (χ4n) is 4.71. The highest BCUT2D eigenvalue weighted by Crippen LogP contribution is 2.35. The van der Waals surface area contributed by atoms with Gasteiger partial charge >= 0.3 is 0 Å². The Morgan fingerprint density at radius 3 is 2.68 bits per heavy atom. The van der Waals surface area contributed by atoms with Crippen molar-refractivity contribution in [3.63, 3.8) is 0 Å². The number of hydrogen-bond acceptors (Lipinski definition) is 6. The van der Waals surface area contributed by atoms with E-state index in [2.05, 4.69) is 30.1 Å². The van der Waals surface area contributed by atoms with Crippen LogP contribution in [0.15, 0.2) is 73.3 Å². The van der Waals surface area contributed by atoms with Crippen molar-refractivity contribution in [1.29, 1.82) is 0 Å². The number of halogens is 1. The first kappa shape index (κ1) is 23.0. The van der Waals surface area contributed by atoms with Crippen LogP contribution in [0.5, 0.6) is 0 Å². The summed E-state index contributed by atoms with van der Waals surface area (Å²) < 4.78 is 14.7. The second kappa shape index (κ2) is 9.20. The van der Waals surface area contributed by atoms with Crippen LogP contribution in [0, 0.1) is 5.82 Å². The quantitative estimate of drug-likeness (QED) is 0.304. The van der Waals surface area contributed by atoms with Gasteiger partial charge in [-0.05, 0) is 67.2 Å². The van der Waals surface area contributed by atoms with E-state index in [-0.39, 0.29) is 11.9 Å². The average molecular weight is 493 g/mol. The number of hydrogen-bond donors (Lipinski definition) is 3. The van der Waals surface area contributed by atoms with Crippen molar-refractivity contribution >= 4 is 21.9 Å². The number of aromatic amines is 2. The van der Waals surface area contributed by atoms with Gasteiger partial charge in [-0.3, -0.25) is 15.1 Å². The molecular formula is C28H25FN8. The molecule has 0 radical (unpaired) electrons. The van der Waals surface area contributed by atoms with Crippen molar-refractivity contribution in [3.05, 3.63) is 84.7 Å². The Kier molecular flexibility index (Phi) is 5.71. The molecule has 6 aromatic rings. The van der Waals surface area contributed by atoms with Gasteiger partial charge in [-0.25, -0.2) is 9.37 Å². The van der Waals surface area contributed by atoms with Gasteiger partial charge in [0.2, 0.25) is 0 Å². The highest BCUT2D eigenvalue weighted by atomic mass is 19.1. The van der Waals surface area contributed by atoms with E-state index >= 15 is 0 Å². The van der Waals surface area contributed by atoms with Crippen LogP contribution >= 0.6 is 0 Å². The largest absolute Gasteiger partial charge is 0.353 e. The van der Waals surface area contributed by atoms with Gasteiger partial charge < -0.3 is 15.6 Å². The van der Waals surface area contributed by atoms with E-state index in [0.29, 0.717) is 12.2 Å². The number of nitrogens with two attached hydrogens (primary N) is 1. The van der Waals surface area contributed by atoms with Crippen LogP contribution in [0.3, 0.4) is 0 Å². The lowest BCUT2D eigenvalue weighted by Crippen LogP contribution is -2.26. The number of aromatic nitrogens is 6. The van der Waals surface area contributed by atoms with E-state index in [1.165, 1.54) is 6.07 Å². The van der Waals surface area contributed by atoms with Crippen molar-refractivity contribution in [2.45, 2.75) is 6.04 Å². The summed E-state index contributed by atoms with van der Waals surface area (Å²) in [6.45, 7) is 0.623. The molecule has 1 atom stereocenters. The van der Waals surface area contributed by atoms with Crippen LogP contribution in [0.2, 0.25) is 0 Å². The smallest absolute Gasteiger partial charge is 0.155 e. The minimum atomic E-state index is -0.310. The van der Waals surface area contributed by atoms with E-state index in [1.54, 1.807) is 30.9 Å². The number of benzene rings is 2. The Bertz CT molecular complexity index is 1720. The number of nitrogens with zero attached hydrogens (tertiary/aromatic N) is 5. The molecule has 4 heterocycles. The minimum absolute atomic E-state index is 0.295. The predicted molar refractivity (Wildman–Crippen MR) is 143 cm³/mol. The summed E-state index contributed by atoms with van der Waals surface area (Å²) in [6.07, 6.45) is 6.74. The minimum Gasteiger partial charge on any atom is -0.353 e. The molecule has 0 amide bonds. The molecule has 4 N–H and O–H groups in total. The highest BCUT2D eigenvalue weighted by molar-refractivity contribution is 6.01. The number of pyridine rings is 1. The number of likely N-dealkylation sites (N-methyl/N-ethyl adjacent to an activating group) is 1. The monoisotopic (exact) mass is 492 g/mol. The Hall–Kier alpha value is -4.47. The number of nitrogens with one attached hydrogen (secondary N) is 2. The molecule has 0 aliphatic rings. The Morgan fingerprint density at radius 1 is 0.973 bits per heavy atom. The molecule has 37 heavy (non-hydrogen) atoms. The van der Waals surface area contributed by atoms with Crippen molar-refractivity contribution in [2.75, 3.05) is 20.6 Å². The van der Waals surface area contributed by atoms with Crippen LogP contribution in [0.25, 0.3) is 55.7 Å². The van der Waals surface area contributed by atoms with Crippen LogP contribution in [-0.2, 0) is 0 Å². The van der Waals surface area contributed by atoms with Gasteiger partial charge in [0.15, 0.2) is 5.65 Å². The van der Waals surface area contributed by atoms with Gasteiger partial charge in [-0.1, -0.05) is 12.1 Å². The lowest BCUT2D eigenvalue weighted by Gasteiger charge is -2.18. The molecule has 6 rings (SSSR count). The summed E-state index contributed by atoms with van der Waals surface area (Å²) >= 11 is 0. The fourth-order valence-corrected chi connectivity index (χ4v) is 4.71. The molecular weight excluding hydrogens is 467 g/mol. The lowest BCUT2D eigenvalue weighted by atomic mass is 9.97. The molecule has 0 bridgehead atoms. The Morgan fingerprint density at radius 2 is 1.86 bits per heavy atom. The molecule has 0 aliphatic heterocycles. The maximum Gasteiger partial charge on any atom is 0.155 e. The zero-order chi connectivity index (χ0) is 25.5. The van der Waals surface area contributed by atoms with Gasteiger partial charge in [0.25, 0.3) is 0 Å². The molecule has 1 unspecified atom stereocenters. The molecule has 8 nitrogen and oxygen atoms in total. The van der Waals surface area contributed by atoms with Crippen LogP contribution in [-0.4, -0.2) is 55.7 Å². The summed E-state index contributed by atoms with van der Waals surface area (Å²) in [4.78, 5) is 18.5. The third kappa shape index (κ3) is 4.35. The standard InChI is InChI=1S/C28H25FN8/c1-37(2)15-23(30)17-8-16(9-19(29)10-17)20-4-3-5-24-21(20)12-25(34-24)27-22-11-18(13-33-28(22)36-35-27)26-14-31-6-7-32-26/h3-14,23,34H,15,30H2,1-2H3,(H,33,35,36). The molecule has 0 fully saturated rings. The highest BCUT2D eigenvalue weighted by Gasteiger charge is 2.17. The number of H-pyrrole nitrogens is 2. The normalized spacial score (nSPS) is 12.6.